The molecular weight excluding hydrogens is 562 g/mol. The molecule has 4 rings (SSSR count). The van der Waals surface area contributed by atoms with Gasteiger partial charge in [-0.05, 0) is 74.7 Å². The van der Waals surface area contributed by atoms with Crippen LogP contribution in [-0.4, -0.2) is 46.1 Å². The molecule has 9 nitrogen and oxygen atoms in total. The van der Waals surface area contributed by atoms with Gasteiger partial charge in [-0.3, -0.25) is 14.6 Å². The molecule has 10 heteroatoms. The summed E-state index contributed by atoms with van der Waals surface area (Å²) >= 11 is 1.32. The first kappa shape index (κ1) is 31.4. The van der Waals surface area contributed by atoms with Gasteiger partial charge in [0.15, 0.2) is 5.13 Å². The Labute approximate surface area is 256 Å². The molecule has 2 aromatic carbocycles. The van der Waals surface area contributed by atoms with Gasteiger partial charge in [-0.25, -0.2) is 9.78 Å². The van der Waals surface area contributed by atoms with Crippen LogP contribution in [0.15, 0.2) is 78.4 Å². The van der Waals surface area contributed by atoms with E-state index in [1.54, 1.807) is 58.3 Å². The van der Waals surface area contributed by atoms with E-state index in [0.29, 0.717) is 17.2 Å². The fourth-order valence-electron chi connectivity index (χ4n) is 4.22. The number of thiazole rings is 1. The second kappa shape index (κ2) is 13.2. The number of carbonyl (C=O) groups is 3. The molecule has 0 fully saturated rings. The summed E-state index contributed by atoms with van der Waals surface area (Å²) in [6.07, 6.45) is 3.01. The molecule has 2 heterocycles. The quantitative estimate of drug-likeness (QED) is 0.204. The van der Waals surface area contributed by atoms with Crippen molar-refractivity contribution in [3.63, 3.8) is 0 Å². The predicted octanol–water partition coefficient (Wildman–Crippen LogP) is 6.43. The van der Waals surface area contributed by atoms with Crippen LogP contribution in [0.3, 0.4) is 0 Å². The van der Waals surface area contributed by atoms with E-state index in [1.807, 2.05) is 61.7 Å². The highest BCUT2D eigenvalue weighted by atomic mass is 32.1. The summed E-state index contributed by atoms with van der Waals surface area (Å²) < 4.78 is 5.33. The number of nitrogens with one attached hydrogen (secondary N) is 3. The minimum atomic E-state index is -0.805. The molecule has 0 radical (unpaired) electrons. The van der Waals surface area contributed by atoms with E-state index in [2.05, 4.69) is 25.9 Å². The standard InChI is InChI=1S/C33H37N5O4S/c1-21(36-29(40)25-11-8-12-26(18-25)33(5,6)20-35-31(41)42-32(2,3)4)28(39)38-30-37-27(19-43-30)24-10-7-9-23(17-24)22-13-15-34-16-14-22/h7-19,21H,20H2,1-6H3,(H,35,41)(H,36,40)(H,37,38,39)/t21-/m0/s1. The van der Waals surface area contributed by atoms with E-state index in [4.69, 9.17) is 4.74 Å². The van der Waals surface area contributed by atoms with Gasteiger partial charge in [0.05, 0.1) is 5.69 Å². The number of hydrogen-bond donors (Lipinski definition) is 3. The molecule has 0 saturated heterocycles. The van der Waals surface area contributed by atoms with Crippen molar-refractivity contribution in [2.75, 3.05) is 11.9 Å². The normalized spacial score (nSPS) is 12.2. The van der Waals surface area contributed by atoms with E-state index in [0.717, 1.165) is 27.9 Å². The number of aromatic nitrogens is 2. The number of nitrogens with zero attached hydrogens (tertiary/aromatic N) is 2. The first-order valence-corrected chi connectivity index (χ1v) is 14.8. The van der Waals surface area contributed by atoms with Gasteiger partial charge in [0.1, 0.15) is 11.6 Å². The lowest BCUT2D eigenvalue weighted by Gasteiger charge is -2.27. The van der Waals surface area contributed by atoms with E-state index < -0.39 is 23.2 Å². The lowest BCUT2D eigenvalue weighted by molar-refractivity contribution is -0.117. The fourth-order valence-corrected chi connectivity index (χ4v) is 4.94. The highest BCUT2D eigenvalue weighted by molar-refractivity contribution is 7.14. The molecule has 4 aromatic rings. The summed E-state index contributed by atoms with van der Waals surface area (Å²) in [4.78, 5) is 46.8. The first-order valence-electron chi connectivity index (χ1n) is 14.0. The van der Waals surface area contributed by atoms with E-state index in [9.17, 15) is 14.4 Å². The zero-order valence-corrected chi connectivity index (χ0v) is 26.0. The maximum atomic E-state index is 13.1. The van der Waals surface area contributed by atoms with Crippen molar-refractivity contribution in [2.45, 2.75) is 58.6 Å². The zero-order valence-electron chi connectivity index (χ0n) is 25.2. The largest absolute Gasteiger partial charge is 0.444 e. The number of pyridine rings is 1. The van der Waals surface area contributed by atoms with Crippen molar-refractivity contribution >= 4 is 34.4 Å². The number of carbonyl (C=O) groups excluding carboxylic acids is 3. The van der Waals surface area contributed by atoms with Crippen molar-refractivity contribution in [3.8, 4) is 22.4 Å². The summed E-state index contributed by atoms with van der Waals surface area (Å²) in [5.74, 6) is -0.758. The van der Waals surface area contributed by atoms with Crippen molar-refractivity contribution in [2.24, 2.45) is 0 Å². The highest BCUT2D eigenvalue weighted by Crippen LogP contribution is 2.29. The molecule has 0 spiro atoms. The minimum Gasteiger partial charge on any atom is -0.444 e. The Hall–Kier alpha value is -4.57. The number of rotatable bonds is 9. The molecule has 0 saturated carbocycles. The van der Waals surface area contributed by atoms with Gasteiger partial charge >= 0.3 is 6.09 Å². The van der Waals surface area contributed by atoms with E-state index >= 15 is 0 Å². The fraction of sp³-hybridized carbons (Fsp3) is 0.303. The van der Waals surface area contributed by atoms with Crippen LogP contribution in [0.1, 0.15) is 57.5 Å². The third kappa shape index (κ3) is 8.71. The molecule has 43 heavy (non-hydrogen) atoms. The summed E-state index contributed by atoms with van der Waals surface area (Å²) in [6.45, 7) is 11.3. The van der Waals surface area contributed by atoms with Gasteiger partial charge in [0.2, 0.25) is 5.91 Å². The lowest BCUT2D eigenvalue weighted by Crippen LogP contribution is -2.42. The van der Waals surface area contributed by atoms with Crippen molar-refractivity contribution in [1.29, 1.82) is 0 Å². The highest BCUT2D eigenvalue weighted by Gasteiger charge is 2.25. The van der Waals surface area contributed by atoms with Gasteiger partial charge in [-0.15, -0.1) is 11.3 Å². The minimum absolute atomic E-state index is 0.315. The van der Waals surface area contributed by atoms with E-state index in [-0.39, 0.29) is 11.8 Å². The van der Waals surface area contributed by atoms with Crippen LogP contribution in [0.4, 0.5) is 9.93 Å². The Balaban J connectivity index is 1.35. The number of ether oxygens (including phenoxy) is 1. The van der Waals surface area contributed by atoms with Crippen molar-refractivity contribution < 1.29 is 19.1 Å². The average Bonchev–Trinajstić information content (AvgIpc) is 3.44. The van der Waals surface area contributed by atoms with Gasteiger partial charge in [-0.2, -0.15) is 0 Å². The zero-order chi connectivity index (χ0) is 31.2. The molecule has 3 N–H and O–H groups in total. The Kier molecular flexibility index (Phi) is 9.60. The third-order valence-corrected chi connectivity index (χ3v) is 7.38. The van der Waals surface area contributed by atoms with Crippen LogP contribution in [-0.2, 0) is 14.9 Å². The van der Waals surface area contributed by atoms with Crippen LogP contribution in [0.5, 0.6) is 0 Å². The van der Waals surface area contributed by atoms with Crippen LogP contribution < -0.4 is 16.0 Å². The van der Waals surface area contributed by atoms with Gasteiger partial charge in [0, 0.05) is 40.9 Å². The third-order valence-electron chi connectivity index (χ3n) is 6.63. The van der Waals surface area contributed by atoms with E-state index in [1.165, 1.54) is 11.3 Å². The Bertz CT molecular complexity index is 1590. The predicted molar refractivity (Wildman–Crippen MR) is 170 cm³/mol. The molecular formula is C33H37N5O4S. The number of amides is 3. The molecule has 0 aliphatic rings. The molecule has 0 unspecified atom stereocenters. The maximum absolute atomic E-state index is 13.1. The van der Waals surface area contributed by atoms with Crippen molar-refractivity contribution in [3.05, 3.63) is 89.6 Å². The molecule has 1 atom stereocenters. The molecule has 0 aliphatic heterocycles. The topological polar surface area (TPSA) is 122 Å². The van der Waals surface area contributed by atoms with Crippen LogP contribution >= 0.6 is 11.3 Å². The summed E-state index contributed by atoms with van der Waals surface area (Å²) in [7, 11) is 0. The second-order valence-electron chi connectivity index (χ2n) is 11.9. The molecule has 224 valence electrons. The maximum Gasteiger partial charge on any atom is 0.407 e. The van der Waals surface area contributed by atoms with Gasteiger partial charge in [-0.1, -0.05) is 44.2 Å². The molecule has 2 aromatic heterocycles. The molecule has 3 amide bonds. The van der Waals surface area contributed by atoms with Crippen LogP contribution in [0.25, 0.3) is 22.4 Å². The SMILES string of the molecule is C[C@H](NC(=O)c1cccc(C(C)(C)CNC(=O)OC(C)(C)C)c1)C(=O)Nc1nc(-c2cccc(-c3ccncc3)c2)cs1. The Morgan fingerprint density at radius 2 is 1.60 bits per heavy atom. The smallest absolute Gasteiger partial charge is 0.407 e. The summed E-state index contributed by atoms with van der Waals surface area (Å²) in [5, 5.41) is 10.7. The summed E-state index contributed by atoms with van der Waals surface area (Å²) in [5.41, 5.74) is 3.97. The van der Waals surface area contributed by atoms with Crippen molar-refractivity contribution in [1.82, 2.24) is 20.6 Å². The van der Waals surface area contributed by atoms with Crippen LogP contribution in [0.2, 0.25) is 0 Å². The van der Waals surface area contributed by atoms with Gasteiger partial charge < -0.3 is 20.7 Å². The first-order chi connectivity index (χ1) is 20.3. The number of alkyl carbamates (subject to hydrolysis) is 1. The number of hydrogen-bond acceptors (Lipinski definition) is 7. The second-order valence-corrected chi connectivity index (χ2v) is 12.7. The van der Waals surface area contributed by atoms with Crippen LogP contribution in [0, 0.1) is 0 Å². The molecule has 0 bridgehead atoms. The number of anilines is 1. The summed E-state index contributed by atoms with van der Waals surface area (Å²) in [6, 6.07) is 18.2. The lowest BCUT2D eigenvalue weighted by atomic mass is 9.84. The Morgan fingerprint density at radius 3 is 2.33 bits per heavy atom. The molecule has 0 aliphatic carbocycles. The number of benzene rings is 2. The monoisotopic (exact) mass is 599 g/mol. The average molecular weight is 600 g/mol. The Morgan fingerprint density at radius 1 is 0.907 bits per heavy atom. The van der Waals surface area contributed by atoms with Gasteiger partial charge in [0.25, 0.3) is 5.91 Å².